The van der Waals surface area contributed by atoms with E-state index in [-0.39, 0.29) is 5.82 Å². The molecule has 29 heavy (non-hydrogen) atoms. The first-order valence-electron chi connectivity index (χ1n) is 9.33. The summed E-state index contributed by atoms with van der Waals surface area (Å²) in [7, 11) is 1.23. The summed E-state index contributed by atoms with van der Waals surface area (Å²) in [6.45, 7) is 2.23. The summed E-state index contributed by atoms with van der Waals surface area (Å²) in [4.78, 5) is 33.3. The smallest absolute Gasteiger partial charge is 0.320 e. The Bertz CT molecular complexity index is 922. The van der Waals surface area contributed by atoms with Crippen LogP contribution in [0.5, 0.6) is 0 Å². The third-order valence-electron chi connectivity index (χ3n) is 5.16. The van der Waals surface area contributed by atoms with Gasteiger partial charge in [0.05, 0.1) is 19.1 Å². The van der Waals surface area contributed by atoms with Crippen LogP contribution in [0.4, 0.5) is 10.1 Å². The van der Waals surface area contributed by atoms with Gasteiger partial charge in [0.25, 0.3) is 0 Å². The summed E-state index contributed by atoms with van der Waals surface area (Å²) >= 11 is 0. The molecule has 1 aromatic carbocycles. The average Bonchev–Trinajstić information content (AvgIpc) is 3.28. The molecule has 2 aliphatic rings. The van der Waals surface area contributed by atoms with E-state index in [2.05, 4.69) is 10.3 Å². The molecular formula is C20H21FN4O4. The second-order valence-electron chi connectivity index (χ2n) is 6.83. The van der Waals surface area contributed by atoms with Gasteiger partial charge in [-0.25, -0.2) is 9.38 Å². The van der Waals surface area contributed by atoms with Crippen molar-refractivity contribution in [3.05, 3.63) is 54.2 Å². The maximum absolute atomic E-state index is 14.0. The summed E-state index contributed by atoms with van der Waals surface area (Å²) < 4.78 is 24.2. The average molecular weight is 400 g/mol. The molecule has 1 N–H and O–H groups in total. The lowest BCUT2D eigenvalue weighted by Crippen LogP contribution is -2.57. The number of benzene rings is 1. The lowest BCUT2D eigenvalue weighted by molar-refractivity contribution is -0.151. The van der Waals surface area contributed by atoms with Gasteiger partial charge in [0.1, 0.15) is 17.6 Å². The highest BCUT2D eigenvalue weighted by atomic mass is 19.1. The predicted molar refractivity (Wildman–Crippen MR) is 103 cm³/mol. The third-order valence-corrected chi connectivity index (χ3v) is 5.16. The number of esters is 1. The van der Waals surface area contributed by atoms with E-state index in [9.17, 15) is 14.0 Å². The Morgan fingerprint density at radius 3 is 2.55 bits per heavy atom. The van der Waals surface area contributed by atoms with E-state index in [0.717, 1.165) is 0 Å². The van der Waals surface area contributed by atoms with Crippen molar-refractivity contribution in [2.75, 3.05) is 38.2 Å². The summed E-state index contributed by atoms with van der Waals surface area (Å²) in [5, 5.41) is 2.71. The monoisotopic (exact) mass is 400 g/mol. The number of para-hydroxylation sites is 1. The Labute approximate surface area is 166 Å². The fourth-order valence-corrected chi connectivity index (χ4v) is 3.65. The number of carbonyl (C=O) groups is 2. The van der Waals surface area contributed by atoms with E-state index in [0.29, 0.717) is 43.6 Å². The minimum absolute atomic E-state index is 0.261. The van der Waals surface area contributed by atoms with Gasteiger partial charge in [-0.2, -0.15) is 0 Å². The SMILES string of the molecule is COC(=O)[C@H]1C(=O)NC(N2CCN(c3ccccc3F)CC2)=N[C@@H]1c1ccco1. The zero-order valence-electron chi connectivity index (χ0n) is 15.9. The minimum Gasteiger partial charge on any atom is -0.468 e. The number of hydrogen-bond donors (Lipinski definition) is 1. The van der Waals surface area contributed by atoms with Crippen LogP contribution in [0.3, 0.4) is 0 Å². The van der Waals surface area contributed by atoms with Crippen LogP contribution in [0.2, 0.25) is 0 Å². The number of hydrogen-bond acceptors (Lipinski definition) is 7. The standard InChI is InChI=1S/C20H21FN4O4/c1-28-19(27)16-17(15-7-4-12-29-15)22-20(23-18(16)26)25-10-8-24(9-11-25)14-6-3-2-5-13(14)21/h2-7,12,16-17H,8-11H2,1H3,(H,22,23,26)/t16-,17-/m1/s1. The third kappa shape index (κ3) is 3.67. The van der Waals surface area contributed by atoms with Gasteiger partial charge in [0, 0.05) is 26.2 Å². The van der Waals surface area contributed by atoms with Crippen LogP contribution in [0, 0.1) is 11.7 Å². The molecule has 1 amide bonds. The molecule has 2 aliphatic heterocycles. The van der Waals surface area contributed by atoms with Crippen molar-refractivity contribution in [1.82, 2.24) is 10.2 Å². The molecule has 2 atom stereocenters. The Hall–Kier alpha value is -3.36. The number of nitrogens with one attached hydrogen (secondary N) is 1. The fraction of sp³-hybridized carbons (Fsp3) is 0.350. The topological polar surface area (TPSA) is 87.4 Å². The van der Waals surface area contributed by atoms with Crippen LogP contribution in [0.25, 0.3) is 0 Å². The number of piperazine rings is 1. The molecular weight excluding hydrogens is 379 g/mol. The summed E-state index contributed by atoms with van der Waals surface area (Å²) in [6, 6.07) is 9.21. The first-order chi connectivity index (χ1) is 14.1. The molecule has 4 rings (SSSR count). The molecule has 152 valence electrons. The van der Waals surface area contributed by atoms with E-state index < -0.39 is 23.8 Å². The van der Waals surface area contributed by atoms with Crippen LogP contribution >= 0.6 is 0 Å². The molecule has 2 aromatic rings. The van der Waals surface area contributed by atoms with Crippen molar-refractivity contribution in [1.29, 1.82) is 0 Å². The molecule has 0 radical (unpaired) electrons. The van der Waals surface area contributed by atoms with Gasteiger partial charge in [0.2, 0.25) is 11.9 Å². The van der Waals surface area contributed by atoms with Crippen LogP contribution in [-0.4, -0.2) is 56.0 Å². The van der Waals surface area contributed by atoms with E-state index in [1.165, 1.54) is 19.4 Å². The second-order valence-corrected chi connectivity index (χ2v) is 6.83. The number of halogens is 1. The van der Waals surface area contributed by atoms with E-state index >= 15 is 0 Å². The van der Waals surface area contributed by atoms with Gasteiger partial charge >= 0.3 is 5.97 Å². The minimum atomic E-state index is -1.12. The van der Waals surface area contributed by atoms with Crippen LogP contribution < -0.4 is 10.2 Å². The lowest BCUT2D eigenvalue weighted by Gasteiger charge is -2.39. The van der Waals surface area contributed by atoms with Crippen LogP contribution in [0.1, 0.15) is 11.8 Å². The first-order valence-corrected chi connectivity index (χ1v) is 9.33. The number of methoxy groups -OCH3 is 1. The molecule has 9 heteroatoms. The number of nitrogens with zero attached hydrogens (tertiary/aromatic N) is 3. The van der Waals surface area contributed by atoms with Crippen molar-refractivity contribution in [3.63, 3.8) is 0 Å². The highest BCUT2D eigenvalue weighted by Gasteiger charge is 2.43. The maximum Gasteiger partial charge on any atom is 0.320 e. The number of carbonyl (C=O) groups excluding carboxylic acids is 2. The molecule has 0 aliphatic carbocycles. The zero-order chi connectivity index (χ0) is 20.4. The molecule has 3 heterocycles. The van der Waals surface area contributed by atoms with Gasteiger partial charge in [-0.1, -0.05) is 12.1 Å². The summed E-state index contributed by atoms with van der Waals surface area (Å²) in [6.07, 6.45) is 1.47. The van der Waals surface area contributed by atoms with Gasteiger partial charge in [0.15, 0.2) is 5.92 Å². The Morgan fingerprint density at radius 2 is 1.90 bits per heavy atom. The highest BCUT2D eigenvalue weighted by molar-refractivity contribution is 6.08. The van der Waals surface area contributed by atoms with Gasteiger partial charge < -0.3 is 19.0 Å². The van der Waals surface area contributed by atoms with Crippen molar-refractivity contribution in [3.8, 4) is 0 Å². The summed E-state index contributed by atoms with van der Waals surface area (Å²) in [5.41, 5.74) is 0.556. The maximum atomic E-state index is 14.0. The Kier molecular flexibility index (Phi) is 5.20. The van der Waals surface area contributed by atoms with Gasteiger partial charge in [-0.05, 0) is 24.3 Å². The molecule has 0 bridgehead atoms. The van der Waals surface area contributed by atoms with Crippen LogP contribution in [-0.2, 0) is 14.3 Å². The second kappa shape index (κ2) is 7.94. The number of furan rings is 1. The van der Waals surface area contributed by atoms with Crippen molar-refractivity contribution < 1.29 is 23.1 Å². The number of aliphatic imine (C=N–C) groups is 1. The van der Waals surface area contributed by atoms with E-state index in [1.807, 2.05) is 9.80 Å². The van der Waals surface area contributed by atoms with E-state index in [4.69, 9.17) is 9.15 Å². The molecule has 0 unspecified atom stereocenters. The molecule has 1 fully saturated rings. The molecule has 0 spiro atoms. The summed E-state index contributed by atoms with van der Waals surface area (Å²) in [5.74, 6) is -1.74. The Balaban J connectivity index is 1.53. The van der Waals surface area contributed by atoms with E-state index in [1.54, 1.807) is 30.3 Å². The van der Waals surface area contributed by atoms with Crippen molar-refractivity contribution >= 4 is 23.5 Å². The first kappa shape index (κ1) is 19.0. The zero-order valence-corrected chi connectivity index (χ0v) is 15.9. The number of rotatable bonds is 3. The fourth-order valence-electron chi connectivity index (χ4n) is 3.65. The number of guanidine groups is 1. The normalized spacial score (nSPS) is 22.1. The molecule has 1 aromatic heterocycles. The number of anilines is 1. The quantitative estimate of drug-likeness (QED) is 0.622. The van der Waals surface area contributed by atoms with Crippen LogP contribution in [0.15, 0.2) is 52.1 Å². The van der Waals surface area contributed by atoms with Gasteiger partial charge in [-0.15, -0.1) is 0 Å². The molecule has 0 saturated carbocycles. The number of amides is 1. The highest BCUT2D eigenvalue weighted by Crippen LogP contribution is 2.31. The number of ether oxygens (including phenoxy) is 1. The van der Waals surface area contributed by atoms with Gasteiger partial charge in [-0.3, -0.25) is 14.9 Å². The molecule has 8 nitrogen and oxygen atoms in total. The molecule has 1 saturated heterocycles. The predicted octanol–water partition coefficient (Wildman–Crippen LogP) is 1.56. The Morgan fingerprint density at radius 1 is 1.17 bits per heavy atom. The largest absolute Gasteiger partial charge is 0.468 e. The lowest BCUT2D eigenvalue weighted by atomic mass is 9.95. The van der Waals surface area contributed by atoms with Crippen molar-refractivity contribution in [2.45, 2.75) is 6.04 Å². The van der Waals surface area contributed by atoms with Crippen molar-refractivity contribution in [2.24, 2.45) is 10.9 Å².